The molecule has 0 fully saturated rings. The summed E-state index contributed by atoms with van der Waals surface area (Å²) in [7, 11) is 1.97. The molecule has 1 unspecified atom stereocenters. The minimum absolute atomic E-state index is 0.451. The van der Waals surface area contributed by atoms with Crippen molar-refractivity contribution in [1.29, 1.82) is 0 Å². The summed E-state index contributed by atoms with van der Waals surface area (Å²) in [5.74, 6) is 0. The van der Waals surface area contributed by atoms with Gasteiger partial charge >= 0.3 is 6.18 Å². The molecule has 0 saturated heterocycles. The highest BCUT2D eigenvalue weighted by Gasteiger charge is 2.37. The molecule has 0 spiro atoms. The van der Waals surface area contributed by atoms with Crippen LogP contribution >= 0.6 is 0 Å². The Kier molecular flexibility index (Phi) is 6.98. The molecule has 0 bridgehead atoms. The monoisotopic (exact) mass is 290 g/mol. The standard InChI is InChI=1S/C14H21F3N2O/c1-19(11-12-6-3-2-4-7-12)9-5-8-18-10-13(20)14(15,16)17/h2-4,6-7,13,18,20H,5,8-11H2,1H3. The van der Waals surface area contributed by atoms with Gasteiger partial charge in [0.25, 0.3) is 0 Å². The fourth-order valence-corrected chi connectivity index (χ4v) is 1.80. The summed E-state index contributed by atoms with van der Waals surface area (Å²) < 4.78 is 36.1. The lowest BCUT2D eigenvalue weighted by Gasteiger charge is -2.18. The minimum atomic E-state index is -4.54. The maximum atomic E-state index is 12.0. The normalized spacial score (nSPS) is 13.7. The van der Waals surface area contributed by atoms with E-state index in [4.69, 9.17) is 5.11 Å². The molecule has 0 saturated carbocycles. The first-order valence-corrected chi connectivity index (χ1v) is 6.57. The smallest absolute Gasteiger partial charge is 0.382 e. The molecule has 0 heterocycles. The van der Waals surface area contributed by atoms with Crippen molar-refractivity contribution in [3.8, 4) is 0 Å². The third-order valence-corrected chi connectivity index (χ3v) is 2.90. The summed E-state index contributed by atoms with van der Waals surface area (Å²) in [5.41, 5.74) is 1.20. The van der Waals surface area contributed by atoms with Crippen molar-refractivity contribution >= 4 is 0 Å². The second kappa shape index (κ2) is 8.24. The topological polar surface area (TPSA) is 35.5 Å². The Morgan fingerprint density at radius 1 is 1.25 bits per heavy atom. The van der Waals surface area contributed by atoms with Crippen LogP contribution in [-0.4, -0.2) is 49.0 Å². The van der Waals surface area contributed by atoms with Crippen molar-refractivity contribution in [1.82, 2.24) is 10.2 Å². The maximum Gasteiger partial charge on any atom is 0.415 e. The van der Waals surface area contributed by atoms with E-state index in [1.54, 1.807) is 0 Å². The van der Waals surface area contributed by atoms with Crippen LogP contribution in [0.3, 0.4) is 0 Å². The Balaban J connectivity index is 2.09. The third kappa shape index (κ3) is 6.88. The number of nitrogens with zero attached hydrogens (tertiary/aromatic N) is 1. The van der Waals surface area contributed by atoms with Crippen molar-refractivity contribution in [2.24, 2.45) is 0 Å². The largest absolute Gasteiger partial charge is 0.415 e. The zero-order valence-corrected chi connectivity index (χ0v) is 11.5. The summed E-state index contributed by atoms with van der Waals surface area (Å²) in [4.78, 5) is 2.11. The van der Waals surface area contributed by atoms with Crippen LogP contribution in [0.2, 0.25) is 0 Å². The number of hydrogen-bond acceptors (Lipinski definition) is 3. The fourth-order valence-electron chi connectivity index (χ4n) is 1.80. The zero-order valence-electron chi connectivity index (χ0n) is 11.5. The van der Waals surface area contributed by atoms with Crippen molar-refractivity contribution in [2.75, 3.05) is 26.7 Å². The second-order valence-corrected chi connectivity index (χ2v) is 4.84. The number of aliphatic hydroxyl groups is 1. The van der Waals surface area contributed by atoms with E-state index in [1.165, 1.54) is 5.56 Å². The van der Waals surface area contributed by atoms with Crippen molar-refractivity contribution in [2.45, 2.75) is 25.2 Å². The minimum Gasteiger partial charge on any atom is -0.382 e. The molecule has 1 aromatic carbocycles. The molecule has 2 N–H and O–H groups in total. The van der Waals surface area contributed by atoms with Gasteiger partial charge in [0.05, 0.1) is 0 Å². The van der Waals surface area contributed by atoms with E-state index in [-0.39, 0.29) is 0 Å². The number of benzene rings is 1. The van der Waals surface area contributed by atoms with Crippen molar-refractivity contribution < 1.29 is 18.3 Å². The van der Waals surface area contributed by atoms with E-state index in [1.807, 2.05) is 37.4 Å². The van der Waals surface area contributed by atoms with Gasteiger partial charge in [-0.3, -0.25) is 0 Å². The molecule has 1 rings (SSSR count). The Morgan fingerprint density at radius 2 is 1.90 bits per heavy atom. The number of hydrogen-bond donors (Lipinski definition) is 2. The lowest BCUT2D eigenvalue weighted by atomic mass is 10.2. The molecule has 0 amide bonds. The van der Waals surface area contributed by atoms with E-state index < -0.39 is 18.8 Å². The van der Waals surface area contributed by atoms with Crippen LogP contribution in [-0.2, 0) is 6.54 Å². The molecule has 0 aliphatic rings. The van der Waals surface area contributed by atoms with Crippen LogP contribution in [0.1, 0.15) is 12.0 Å². The summed E-state index contributed by atoms with van der Waals surface area (Å²) >= 11 is 0. The van der Waals surface area contributed by atoms with Gasteiger partial charge in [-0.05, 0) is 32.1 Å². The molecule has 6 heteroatoms. The van der Waals surface area contributed by atoms with Gasteiger partial charge in [-0.25, -0.2) is 0 Å². The molecule has 0 aliphatic carbocycles. The molecule has 114 valence electrons. The van der Waals surface area contributed by atoms with Crippen LogP contribution in [0.5, 0.6) is 0 Å². The van der Waals surface area contributed by atoms with Gasteiger partial charge in [-0.1, -0.05) is 30.3 Å². The van der Waals surface area contributed by atoms with E-state index >= 15 is 0 Å². The highest BCUT2D eigenvalue weighted by atomic mass is 19.4. The first-order chi connectivity index (χ1) is 9.39. The van der Waals surface area contributed by atoms with Gasteiger partial charge in [0, 0.05) is 13.1 Å². The predicted octanol–water partition coefficient (Wildman–Crippen LogP) is 2.02. The number of alkyl halides is 3. The second-order valence-electron chi connectivity index (χ2n) is 4.84. The first-order valence-electron chi connectivity index (χ1n) is 6.57. The summed E-state index contributed by atoms with van der Waals surface area (Å²) in [6.07, 6.45) is -6.10. The summed E-state index contributed by atoms with van der Waals surface area (Å²) in [5, 5.41) is 11.4. The Bertz CT molecular complexity index is 370. The van der Waals surface area contributed by atoms with Gasteiger partial charge in [-0.15, -0.1) is 0 Å². The van der Waals surface area contributed by atoms with Gasteiger partial charge < -0.3 is 15.3 Å². The average molecular weight is 290 g/mol. The zero-order chi connectivity index (χ0) is 15.0. The van der Waals surface area contributed by atoms with Crippen LogP contribution in [0.15, 0.2) is 30.3 Å². The SMILES string of the molecule is CN(CCCNCC(O)C(F)(F)F)Cc1ccccc1. The number of rotatable bonds is 8. The van der Waals surface area contributed by atoms with E-state index in [0.717, 1.165) is 19.5 Å². The van der Waals surface area contributed by atoms with Crippen LogP contribution < -0.4 is 5.32 Å². The average Bonchev–Trinajstić information content (AvgIpc) is 2.38. The van der Waals surface area contributed by atoms with E-state index in [9.17, 15) is 13.2 Å². The molecule has 0 aliphatic heterocycles. The molecule has 3 nitrogen and oxygen atoms in total. The molecular weight excluding hydrogens is 269 g/mol. The molecule has 1 atom stereocenters. The number of halogens is 3. The van der Waals surface area contributed by atoms with Gasteiger partial charge in [0.2, 0.25) is 0 Å². The van der Waals surface area contributed by atoms with Crippen LogP contribution in [0.4, 0.5) is 13.2 Å². The number of aliphatic hydroxyl groups excluding tert-OH is 1. The third-order valence-electron chi connectivity index (χ3n) is 2.90. The lowest BCUT2D eigenvalue weighted by molar-refractivity contribution is -0.201. The van der Waals surface area contributed by atoms with Gasteiger partial charge in [0.1, 0.15) is 0 Å². The predicted molar refractivity (Wildman–Crippen MR) is 72.3 cm³/mol. The Morgan fingerprint density at radius 3 is 2.50 bits per heavy atom. The first kappa shape index (κ1) is 16.9. The Hall–Kier alpha value is -1.11. The van der Waals surface area contributed by atoms with Gasteiger partial charge in [0.15, 0.2) is 6.10 Å². The summed E-state index contributed by atoms with van der Waals surface area (Å²) in [6, 6.07) is 9.98. The highest BCUT2D eigenvalue weighted by molar-refractivity contribution is 5.14. The van der Waals surface area contributed by atoms with Crippen LogP contribution in [0, 0.1) is 0 Å². The Labute approximate surface area is 117 Å². The lowest BCUT2D eigenvalue weighted by Crippen LogP contribution is -2.39. The molecule has 20 heavy (non-hydrogen) atoms. The molecule has 0 aromatic heterocycles. The van der Waals surface area contributed by atoms with Crippen molar-refractivity contribution in [3.05, 3.63) is 35.9 Å². The highest BCUT2D eigenvalue weighted by Crippen LogP contribution is 2.19. The molecular formula is C14H21F3N2O. The van der Waals surface area contributed by atoms with E-state index in [2.05, 4.69) is 10.2 Å². The summed E-state index contributed by atoms with van der Waals surface area (Å²) in [6.45, 7) is 1.59. The van der Waals surface area contributed by atoms with Crippen molar-refractivity contribution in [3.63, 3.8) is 0 Å². The quantitative estimate of drug-likeness (QED) is 0.719. The maximum absolute atomic E-state index is 12.0. The fraction of sp³-hybridized carbons (Fsp3) is 0.571. The van der Waals surface area contributed by atoms with Gasteiger partial charge in [-0.2, -0.15) is 13.2 Å². The molecule has 1 aromatic rings. The molecule has 0 radical (unpaired) electrons. The van der Waals surface area contributed by atoms with Crippen LogP contribution in [0.25, 0.3) is 0 Å². The van der Waals surface area contributed by atoms with E-state index in [0.29, 0.717) is 6.54 Å². The number of nitrogens with one attached hydrogen (secondary N) is 1.